The Morgan fingerprint density at radius 2 is 1.67 bits per heavy atom. The van der Waals surface area contributed by atoms with Crippen LogP contribution in [0.15, 0.2) is 0 Å². The third-order valence-electron chi connectivity index (χ3n) is 3.96. The Labute approximate surface area is 111 Å². The van der Waals surface area contributed by atoms with E-state index in [0.29, 0.717) is 19.1 Å². The molecular formula is C13H26N2O2S. The summed E-state index contributed by atoms with van der Waals surface area (Å²) in [5, 5.41) is 3.57. The Morgan fingerprint density at radius 3 is 2.11 bits per heavy atom. The number of rotatable bonds is 4. The zero-order chi connectivity index (χ0) is 13.4. The van der Waals surface area contributed by atoms with Crippen molar-refractivity contribution in [2.24, 2.45) is 5.92 Å². The summed E-state index contributed by atoms with van der Waals surface area (Å²) < 4.78 is 25.6. The first-order valence-corrected chi connectivity index (χ1v) is 8.48. The van der Waals surface area contributed by atoms with Gasteiger partial charge in [0.25, 0.3) is 0 Å². The predicted molar refractivity (Wildman–Crippen MR) is 74.0 cm³/mol. The van der Waals surface area contributed by atoms with Crippen molar-refractivity contribution >= 4 is 10.0 Å². The van der Waals surface area contributed by atoms with Gasteiger partial charge in [-0.1, -0.05) is 0 Å². The van der Waals surface area contributed by atoms with Gasteiger partial charge in [-0.25, -0.2) is 12.7 Å². The Bertz CT molecular complexity index is 374. The molecular weight excluding hydrogens is 248 g/mol. The second kappa shape index (κ2) is 5.10. The third-order valence-corrected chi connectivity index (χ3v) is 6.55. The molecule has 1 N–H and O–H groups in total. The van der Waals surface area contributed by atoms with Crippen LogP contribution in [0.2, 0.25) is 0 Å². The smallest absolute Gasteiger partial charge is 0.219 e. The minimum absolute atomic E-state index is 0.511. The predicted octanol–water partition coefficient (Wildman–Crippen LogP) is 1.58. The van der Waals surface area contributed by atoms with Crippen LogP contribution in [0.5, 0.6) is 0 Å². The number of nitrogens with one attached hydrogen (secondary N) is 1. The van der Waals surface area contributed by atoms with Gasteiger partial charge in [0, 0.05) is 19.1 Å². The molecule has 0 aromatic carbocycles. The fourth-order valence-electron chi connectivity index (χ4n) is 2.34. The summed E-state index contributed by atoms with van der Waals surface area (Å²) in [5.74, 6) is 0.890. The van der Waals surface area contributed by atoms with Gasteiger partial charge in [0.05, 0.1) is 4.75 Å². The molecule has 0 aromatic rings. The van der Waals surface area contributed by atoms with Crippen LogP contribution in [0.3, 0.4) is 0 Å². The normalized spacial score (nSPS) is 24.4. The highest BCUT2D eigenvalue weighted by atomic mass is 32.2. The lowest BCUT2D eigenvalue weighted by molar-refractivity contribution is 0.282. The first-order chi connectivity index (χ1) is 8.30. The van der Waals surface area contributed by atoms with Gasteiger partial charge in [0.15, 0.2) is 0 Å². The molecule has 1 saturated carbocycles. The van der Waals surface area contributed by atoms with Gasteiger partial charge in [0.2, 0.25) is 10.0 Å². The number of hydrogen-bond acceptors (Lipinski definition) is 3. The van der Waals surface area contributed by atoms with Crippen molar-refractivity contribution in [1.82, 2.24) is 9.62 Å². The molecule has 1 aliphatic heterocycles. The molecule has 0 aromatic heterocycles. The van der Waals surface area contributed by atoms with Crippen molar-refractivity contribution in [3.8, 4) is 0 Å². The maximum Gasteiger partial charge on any atom is 0.219 e. The van der Waals surface area contributed by atoms with Gasteiger partial charge in [-0.3, -0.25) is 0 Å². The molecule has 0 bridgehead atoms. The van der Waals surface area contributed by atoms with Crippen LogP contribution in [0.4, 0.5) is 0 Å². The Morgan fingerprint density at radius 1 is 1.11 bits per heavy atom. The van der Waals surface area contributed by atoms with E-state index in [1.807, 2.05) is 0 Å². The van der Waals surface area contributed by atoms with E-state index < -0.39 is 14.8 Å². The molecule has 1 saturated heterocycles. The topological polar surface area (TPSA) is 49.4 Å². The van der Waals surface area contributed by atoms with Crippen LogP contribution in [0, 0.1) is 5.92 Å². The number of nitrogens with zero attached hydrogens (tertiary/aromatic N) is 1. The number of piperidine rings is 1. The maximum absolute atomic E-state index is 12.3. The summed E-state index contributed by atoms with van der Waals surface area (Å²) in [6, 6.07) is 0.511. The zero-order valence-corrected chi connectivity index (χ0v) is 12.6. The van der Waals surface area contributed by atoms with E-state index in [1.165, 1.54) is 12.8 Å². The molecule has 2 fully saturated rings. The van der Waals surface area contributed by atoms with Crippen molar-refractivity contribution in [2.45, 2.75) is 57.2 Å². The second-order valence-electron chi connectivity index (χ2n) is 6.64. The molecule has 0 unspecified atom stereocenters. The summed E-state index contributed by atoms with van der Waals surface area (Å²) in [7, 11) is -3.14. The molecule has 18 heavy (non-hydrogen) atoms. The van der Waals surface area contributed by atoms with E-state index in [4.69, 9.17) is 0 Å². The lowest BCUT2D eigenvalue weighted by atomic mass is 10.1. The van der Waals surface area contributed by atoms with Crippen molar-refractivity contribution in [3.05, 3.63) is 0 Å². The minimum Gasteiger partial charge on any atom is -0.314 e. The lowest BCUT2D eigenvalue weighted by Crippen LogP contribution is -2.50. The van der Waals surface area contributed by atoms with E-state index in [-0.39, 0.29) is 0 Å². The van der Waals surface area contributed by atoms with Crippen LogP contribution in [-0.4, -0.2) is 43.1 Å². The summed E-state index contributed by atoms with van der Waals surface area (Å²) >= 11 is 0. The SMILES string of the molecule is CC(C)(C)S(=O)(=O)N1CCC(NCC2CC2)CC1. The molecule has 4 nitrogen and oxygen atoms in total. The van der Waals surface area contributed by atoms with Crippen molar-refractivity contribution in [3.63, 3.8) is 0 Å². The molecule has 2 rings (SSSR count). The minimum atomic E-state index is -3.14. The summed E-state index contributed by atoms with van der Waals surface area (Å²) in [5.41, 5.74) is 0. The van der Waals surface area contributed by atoms with E-state index in [9.17, 15) is 8.42 Å². The summed E-state index contributed by atoms with van der Waals surface area (Å²) in [4.78, 5) is 0. The zero-order valence-electron chi connectivity index (χ0n) is 11.8. The Hall–Kier alpha value is -0.130. The molecule has 0 atom stereocenters. The van der Waals surface area contributed by atoms with Crippen LogP contribution >= 0.6 is 0 Å². The van der Waals surface area contributed by atoms with Gasteiger partial charge in [-0.05, 0) is 58.9 Å². The average molecular weight is 274 g/mol. The van der Waals surface area contributed by atoms with E-state index in [1.54, 1.807) is 25.1 Å². The molecule has 0 amide bonds. The van der Waals surface area contributed by atoms with Crippen LogP contribution < -0.4 is 5.32 Å². The monoisotopic (exact) mass is 274 g/mol. The average Bonchev–Trinajstić information content (AvgIpc) is 3.09. The second-order valence-corrected chi connectivity index (χ2v) is 9.33. The standard InChI is InChI=1S/C13H26N2O2S/c1-13(2,3)18(16,17)15-8-6-12(7-9-15)14-10-11-4-5-11/h11-12,14H,4-10H2,1-3H3. The molecule has 5 heteroatoms. The third kappa shape index (κ3) is 3.25. The molecule has 2 aliphatic rings. The van der Waals surface area contributed by atoms with Crippen molar-refractivity contribution in [1.29, 1.82) is 0 Å². The molecule has 1 aliphatic carbocycles. The Balaban J connectivity index is 1.82. The lowest BCUT2D eigenvalue weighted by Gasteiger charge is -2.35. The number of hydrogen-bond donors (Lipinski definition) is 1. The number of sulfonamides is 1. The fraction of sp³-hybridized carbons (Fsp3) is 1.00. The highest BCUT2D eigenvalue weighted by molar-refractivity contribution is 7.90. The van der Waals surface area contributed by atoms with Crippen LogP contribution in [0.25, 0.3) is 0 Å². The fourth-order valence-corrected chi connectivity index (χ4v) is 3.81. The first kappa shape index (κ1) is 14.3. The van der Waals surface area contributed by atoms with Gasteiger partial charge in [-0.15, -0.1) is 0 Å². The van der Waals surface area contributed by atoms with Gasteiger partial charge < -0.3 is 5.32 Å². The molecule has 1 heterocycles. The van der Waals surface area contributed by atoms with Crippen LogP contribution in [-0.2, 0) is 10.0 Å². The Kier molecular flexibility index (Phi) is 4.04. The van der Waals surface area contributed by atoms with Gasteiger partial charge in [-0.2, -0.15) is 0 Å². The van der Waals surface area contributed by atoms with Crippen molar-refractivity contribution in [2.75, 3.05) is 19.6 Å². The molecule has 0 radical (unpaired) electrons. The van der Waals surface area contributed by atoms with Crippen molar-refractivity contribution < 1.29 is 8.42 Å². The van der Waals surface area contributed by atoms with E-state index in [2.05, 4.69) is 5.32 Å². The largest absolute Gasteiger partial charge is 0.314 e. The highest BCUT2D eigenvalue weighted by Gasteiger charge is 2.37. The maximum atomic E-state index is 12.3. The van der Waals surface area contributed by atoms with Gasteiger partial charge in [0.1, 0.15) is 0 Å². The first-order valence-electron chi connectivity index (χ1n) is 7.04. The molecule has 0 spiro atoms. The van der Waals surface area contributed by atoms with E-state index in [0.717, 1.165) is 25.3 Å². The summed E-state index contributed by atoms with van der Waals surface area (Å²) in [6.07, 6.45) is 4.62. The van der Waals surface area contributed by atoms with E-state index >= 15 is 0 Å². The molecule has 106 valence electrons. The quantitative estimate of drug-likeness (QED) is 0.847. The van der Waals surface area contributed by atoms with Crippen LogP contribution in [0.1, 0.15) is 46.5 Å². The summed E-state index contributed by atoms with van der Waals surface area (Å²) in [6.45, 7) is 7.79. The highest BCUT2D eigenvalue weighted by Crippen LogP contribution is 2.28. The van der Waals surface area contributed by atoms with Gasteiger partial charge >= 0.3 is 0 Å².